The molecule has 0 spiro atoms. The maximum atomic E-state index is 9.22. The van der Waals surface area contributed by atoms with Crippen molar-refractivity contribution in [2.75, 3.05) is 85.4 Å². The molecule has 0 N–H and O–H groups in total. The number of anilines is 2. The lowest BCUT2D eigenvalue weighted by Gasteiger charge is -2.46. The number of benzene rings is 2. The van der Waals surface area contributed by atoms with Crippen LogP contribution < -0.4 is 9.80 Å². The molecule has 0 atom stereocenters. The highest BCUT2D eigenvalue weighted by Crippen LogP contribution is 2.36. The summed E-state index contributed by atoms with van der Waals surface area (Å²) in [7, 11) is 9.45. The van der Waals surface area contributed by atoms with Crippen molar-refractivity contribution in [2.45, 2.75) is 6.04 Å². The Kier molecular flexibility index (Phi) is 9.28. The molecule has 0 aliphatic carbocycles. The third-order valence-corrected chi connectivity index (χ3v) is 6.67. The molecule has 0 aromatic heterocycles. The van der Waals surface area contributed by atoms with Crippen LogP contribution >= 0.6 is 0 Å². The van der Waals surface area contributed by atoms with Crippen LogP contribution in [0.1, 0.15) is 17.2 Å². The summed E-state index contributed by atoms with van der Waals surface area (Å²) < 4.78 is 32.1. The van der Waals surface area contributed by atoms with Crippen LogP contribution in [0.2, 0.25) is 0 Å². The highest BCUT2D eigenvalue weighted by atomic mass is 32.3. The fourth-order valence-corrected chi connectivity index (χ4v) is 4.10. The molecule has 1 saturated heterocycles. The van der Waals surface area contributed by atoms with Crippen molar-refractivity contribution in [3.8, 4) is 0 Å². The van der Waals surface area contributed by atoms with E-state index >= 15 is 0 Å². The Bertz CT molecular complexity index is 917. The van der Waals surface area contributed by atoms with Gasteiger partial charge in [0.1, 0.15) is 6.04 Å². The molecule has 8 nitrogen and oxygen atoms in total. The third kappa shape index (κ3) is 7.68. The van der Waals surface area contributed by atoms with Gasteiger partial charge in [-0.1, -0.05) is 24.3 Å². The number of piperazine rings is 1. The predicted octanol–water partition coefficient (Wildman–Crippen LogP) is 2.39. The van der Waals surface area contributed by atoms with Crippen LogP contribution in [0.5, 0.6) is 0 Å². The van der Waals surface area contributed by atoms with E-state index in [1.165, 1.54) is 35.6 Å². The Balaban J connectivity index is 0.000000569. The Labute approximate surface area is 199 Å². The monoisotopic (exact) mass is 478 g/mol. The number of rotatable bonds is 6. The molecule has 0 unspecified atom stereocenters. The first-order valence-corrected chi connectivity index (χ1v) is 12.3. The first-order valence-electron chi connectivity index (χ1n) is 10.9. The van der Waals surface area contributed by atoms with Gasteiger partial charge in [0.2, 0.25) is 10.4 Å². The summed E-state index contributed by atoms with van der Waals surface area (Å²) in [5.41, 5.74) is 5.32. The molecule has 3 rings (SSSR count). The van der Waals surface area contributed by atoms with E-state index in [0.29, 0.717) is 6.04 Å². The summed E-state index contributed by atoms with van der Waals surface area (Å²) >= 11 is 0. The number of nitrogens with zero attached hydrogens (tertiary/aromatic N) is 4. The van der Waals surface area contributed by atoms with Crippen molar-refractivity contribution < 1.29 is 21.6 Å². The van der Waals surface area contributed by atoms with Gasteiger partial charge in [-0.15, -0.1) is 0 Å². The number of hydrogen-bond acceptors (Lipinski definition) is 7. The fraction of sp³-hybridized carbons (Fsp3) is 0.500. The molecule has 184 valence electrons. The summed E-state index contributed by atoms with van der Waals surface area (Å²) in [4.78, 5) is 6.77. The summed E-state index contributed by atoms with van der Waals surface area (Å²) in [6.07, 6.45) is 0. The highest BCUT2D eigenvalue weighted by Gasteiger charge is 2.37. The Morgan fingerprint density at radius 1 is 0.879 bits per heavy atom. The quantitative estimate of drug-likeness (QED) is 0.358. The van der Waals surface area contributed by atoms with Gasteiger partial charge < -0.3 is 18.8 Å². The Morgan fingerprint density at radius 3 is 1.48 bits per heavy atom. The van der Waals surface area contributed by atoms with Crippen molar-refractivity contribution in [1.29, 1.82) is 0 Å². The van der Waals surface area contributed by atoms with E-state index < -0.39 is 10.4 Å². The lowest BCUT2D eigenvalue weighted by molar-refractivity contribution is -0.937. The molecule has 0 bridgehead atoms. The highest BCUT2D eigenvalue weighted by molar-refractivity contribution is 7.80. The molecular weight excluding hydrogens is 440 g/mol. The summed E-state index contributed by atoms with van der Waals surface area (Å²) in [6.45, 7) is 4.65. The second kappa shape index (κ2) is 11.3. The lowest BCUT2D eigenvalue weighted by atomic mass is 9.93. The fourth-order valence-electron chi connectivity index (χ4n) is 4.10. The van der Waals surface area contributed by atoms with Crippen LogP contribution in [0.25, 0.3) is 0 Å². The molecule has 33 heavy (non-hydrogen) atoms. The van der Waals surface area contributed by atoms with Crippen molar-refractivity contribution in [3.63, 3.8) is 0 Å². The molecule has 2 aromatic carbocycles. The van der Waals surface area contributed by atoms with Crippen molar-refractivity contribution >= 4 is 21.8 Å². The maximum absolute atomic E-state index is 9.22. The molecule has 0 radical (unpaired) electrons. The molecular formula is C24H38N4O4S. The second-order valence-electron chi connectivity index (χ2n) is 9.18. The Morgan fingerprint density at radius 2 is 1.21 bits per heavy atom. The normalized spacial score (nSPS) is 16.2. The van der Waals surface area contributed by atoms with Gasteiger partial charge >= 0.3 is 0 Å². The van der Waals surface area contributed by atoms with Crippen molar-refractivity contribution in [1.82, 2.24) is 4.90 Å². The van der Waals surface area contributed by atoms with E-state index in [-0.39, 0.29) is 0 Å². The van der Waals surface area contributed by atoms with E-state index in [1.807, 2.05) is 0 Å². The summed E-state index contributed by atoms with van der Waals surface area (Å²) in [6, 6.07) is 18.6. The number of hydrogen-bond donors (Lipinski definition) is 0. The van der Waals surface area contributed by atoms with Crippen LogP contribution in [0.15, 0.2) is 48.5 Å². The van der Waals surface area contributed by atoms with E-state index in [1.54, 1.807) is 0 Å². The molecule has 9 heteroatoms. The molecule has 1 fully saturated rings. The average molecular weight is 479 g/mol. The van der Waals surface area contributed by atoms with E-state index in [9.17, 15) is 13.0 Å². The second-order valence-corrected chi connectivity index (χ2v) is 10.3. The molecule has 2 aromatic rings. The summed E-state index contributed by atoms with van der Waals surface area (Å²) in [5.74, 6) is 0. The minimum atomic E-state index is -4.41. The van der Waals surface area contributed by atoms with Gasteiger partial charge in [-0.3, -0.25) is 9.08 Å². The standard InChI is InChI=1S/C23H35N4.CH4O4S/c1-24(2)21-11-7-19(8-12-21)23(27(6)17-15-26(5)16-18-27)20-9-13-22(14-10-20)25(3)4;1-5-6(2,3)4/h7-14,23H,15-18H2,1-6H3;1H3,(H,2,3,4)/q+1;/p-1. The molecule has 0 amide bonds. The SMILES string of the molecule is CN1CC[N+](C)(C(c2ccc(N(C)C)cc2)c2ccc(N(C)C)cc2)CC1.COS(=O)(=O)[O-]. The van der Waals surface area contributed by atoms with Crippen LogP contribution in [0, 0.1) is 0 Å². The van der Waals surface area contributed by atoms with Gasteiger partial charge in [0.25, 0.3) is 0 Å². The zero-order chi connectivity index (χ0) is 24.8. The van der Waals surface area contributed by atoms with E-state index in [4.69, 9.17) is 0 Å². The first-order chi connectivity index (χ1) is 15.4. The average Bonchev–Trinajstić information content (AvgIpc) is 2.77. The largest absolute Gasteiger partial charge is 0.726 e. The van der Waals surface area contributed by atoms with Gasteiger partial charge in [-0.2, -0.15) is 0 Å². The van der Waals surface area contributed by atoms with Crippen LogP contribution in [0.4, 0.5) is 11.4 Å². The third-order valence-electron chi connectivity index (χ3n) is 6.26. The number of quaternary nitrogens is 1. The summed E-state index contributed by atoms with van der Waals surface area (Å²) in [5, 5.41) is 0. The zero-order valence-electron chi connectivity index (χ0n) is 20.9. The smallest absolute Gasteiger partial charge is 0.217 e. The van der Waals surface area contributed by atoms with Crippen molar-refractivity contribution in [3.05, 3.63) is 59.7 Å². The van der Waals surface area contributed by atoms with Crippen LogP contribution in [-0.2, 0) is 14.6 Å². The van der Waals surface area contributed by atoms with Crippen LogP contribution in [-0.4, -0.2) is 97.9 Å². The van der Waals surface area contributed by atoms with Gasteiger partial charge in [0.05, 0.1) is 27.2 Å². The lowest BCUT2D eigenvalue weighted by Crippen LogP contribution is -2.58. The Hall–Kier alpha value is -2.17. The molecule has 1 heterocycles. The topological polar surface area (TPSA) is 76.2 Å². The van der Waals surface area contributed by atoms with Crippen LogP contribution in [0.3, 0.4) is 0 Å². The molecule has 0 saturated carbocycles. The minimum Gasteiger partial charge on any atom is -0.726 e. The van der Waals surface area contributed by atoms with E-state index in [2.05, 4.69) is 110 Å². The predicted molar refractivity (Wildman–Crippen MR) is 134 cm³/mol. The first kappa shape index (κ1) is 27.1. The van der Waals surface area contributed by atoms with Gasteiger partial charge in [0, 0.05) is 63.8 Å². The number of likely N-dealkylation sites (N-methyl/N-ethyl adjacent to an activating group) is 2. The zero-order valence-corrected chi connectivity index (χ0v) is 21.7. The van der Waals surface area contributed by atoms with Gasteiger partial charge in [0.15, 0.2) is 0 Å². The molecule has 1 aliphatic rings. The van der Waals surface area contributed by atoms with E-state index in [0.717, 1.165) is 24.7 Å². The van der Waals surface area contributed by atoms with Crippen molar-refractivity contribution in [2.24, 2.45) is 0 Å². The molecule has 1 aliphatic heterocycles. The maximum Gasteiger partial charge on any atom is 0.217 e. The van der Waals surface area contributed by atoms with Gasteiger partial charge in [-0.05, 0) is 31.3 Å². The minimum absolute atomic E-state index is 0.367. The van der Waals surface area contributed by atoms with Gasteiger partial charge in [-0.25, -0.2) is 8.42 Å².